The molecule has 2 saturated heterocycles. The molecule has 0 unspecified atom stereocenters. The molecule has 1 N–H and O–H groups in total. The van der Waals surface area contributed by atoms with Gasteiger partial charge in [0.2, 0.25) is 0 Å². The fourth-order valence-corrected chi connectivity index (χ4v) is 2.72. The Bertz CT molecular complexity index is 567. The van der Waals surface area contributed by atoms with Gasteiger partial charge in [-0.3, -0.25) is 9.69 Å². The number of cyclic esters (lactones) is 1. The first-order chi connectivity index (χ1) is 10.2. The molecule has 21 heavy (non-hydrogen) atoms. The van der Waals surface area contributed by atoms with Crippen LogP contribution < -0.4 is 10.2 Å². The molecule has 0 saturated carbocycles. The Morgan fingerprint density at radius 2 is 2.00 bits per heavy atom. The molecule has 2 heterocycles. The summed E-state index contributed by atoms with van der Waals surface area (Å²) >= 11 is 0. The van der Waals surface area contributed by atoms with E-state index in [9.17, 15) is 9.59 Å². The van der Waals surface area contributed by atoms with Gasteiger partial charge in [-0.05, 0) is 30.7 Å². The van der Waals surface area contributed by atoms with Gasteiger partial charge in [-0.2, -0.15) is 0 Å². The second kappa shape index (κ2) is 5.73. The molecule has 2 fully saturated rings. The monoisotopic (exact) mass is 289 g/mol. The molecule has 1 aromatic rings. The maximum absolute atomic E-state index is 12.5. The molecule has 0 aliphatic carbocycles. The fraction of sp³-hybridized carbons (Fsp3) is 0.467. The van der Waals surface area contributed by atoms with E-state index in [0.717, 1.165) is 37.4 Å². The summed E-state index contributed by atoms with van der Waals surface area (Å²) in [6.07, 6.45) is -0.324. The van der Waals surface area contributed by atoms with Crippen molar-refractivity contribution in [1.29, 1.82) is 0 Å². The van der Waals surface area contributed by atoms with Gasteiger partial charge in [0.15, 0.2) is 0 Å². The first kappa shape index (κ1) is 13.9. The summed E-state index contributed by atoms with van der Waals surface area (Å²) in [5.74, 6) is 0.0598. The van der Waals surface area contributed by atoms with Gasteiger partial charge in [-0.25, -0.2) is 4.79 Å². The summed E-state index contributed by atoms with van der Waals surface area (Å²) in [5, 5.41) is 3.23. The van der Waals surface area contributed by atoms with Crippen LogP contribution in [-0.2, 0) is 4.74 Å². The van der Waals surface area contributed by atoms with Crippen molar-refractivity contribution in [3.05, 3.63) is 29.3 Å². The molecule has 0 atom stereocenters. The number of hydrogen-bond acceptors (Lipinski definition) is 4. The van der Waals surface area contributed by atoms with Gasteiger partial charge in [0.1, 0.15) is 6.61 Å². The van der Waals surface area contributed by atoms with Crippen LogP contribution in [0.5, 0.6) is 0 Å². The Kier molecular flexibility index (Phi) is 3.79. The molecular formula is C15H19N3O3. The summed E-state index contributed by atoms with van der Waals surface area (Å²) in [4.78, 5) is 27.5. The minimum atomic E-state index is -0.324. The lowest BCUT2D eigenvalue weighted by Gasteiger charge is -2.28. The zero-order chi connectivity index (χ0) is 14.8. The van der Waals surface area contributed by atoms with Gasteiger partial charge in [0.25, 0.3) is 5.91 Å². The number of aryl methyl sites for hydroxylation is 1. The van der Waals surface area contributed by atoms with Gasteiger partial charge in [-0.15, -0.1) is 0 Å². The minimum Gasteiger partial charge on any atom is -0.447 e. The third-order valence-corrected chi connectivity index (χ3v) is 3.92. The average molecular weight is 289 g/mol. The molecule has 3 rings (SSSR count). The highest BCUT2D eigenvalue weighted by molar-refractivity contribution is 5.97. The maximum Gasteiger partial charge on any atom is 0.414 e. The highest BCUT2D eigenvalue weighted by Crippen LogP contribution is 2.23. The number of carbonyl (C=O) groups is 2. The molecule has 0 radical (unpaired) electrons. The van der Waals surface area contributed by atoms with Crippen LogP contribution in [0, 0.1) is 6.92 Å². The number of amides is 2. The van der Waals surface area contributed by atoms with Crippen LogP contribution >= 0.6 is 0 Å². The van der Waals surface area contributed by atoms with Gasteiger partial charge in [-0.1, -0.05) is 0 Å². The van der Waals surface area contributed by atoms with Crippen molar-refractivity contribution < 1.29 is 14.3 Å². The van der Waals surface area contributed by atoms with E-state index in [4.69, 9.17) is 4.74 Å². The van der Waals surface area contributed by atoms with Crippen LogP contribution in [-0.4, -0.2) is 56.2 Å². The molecule has 2 aliphatic rings. The summed E-state index contributed by atoms with van der Waals surface area (Å²) in [6.45, 7) is 6.02. The van der Waals surface area contributed by atoms with Crippen LogP contribution in [0.15, 0.2) is 18.2 Å². The van der Waals surface area contributed by atoms with Crippen LogP contribution in [0.3, 0.4) is 0 Å². The third kappa shape index (κ3) is 2.71. The molecule has 0 bridgehead atoms. The lowest BCUT2D eigenvalue weighted by atomic mass is 10.1. The molecule has 6 nitrogen and oxygen atoms in total. The molecule has 2 amide bonds. The predicted molar refractivity (Wildman–Crippen MR) is 78.6 cm³/mol. The van der Waals surface area contributed by atoms with Crippen molar-refractivity contribution >= 4 is 17.7 Å². The predicted octanol–water partition coefficient (Wildman–Crippen LogP) is 0.997. The SMILES string of the molecule is Cc1cc(N2CCOC2=O)ccc1C(=O)N1CCNCC1. The number of nitrogens with zero attached hydrogens (tertiary/aromatic N) is 2. The van der Waals surface area contributed by atoms with E-state index in [1.54, 1.807) is 11.0 Å². The highest BCUT2D eigenvalue weighted by Gasteiger charge is 2.25. The minimum absolute atomic E-state index is 0.0598. The zero-order valence-electron chi connectivity index (χ0n) is 12.1. The molecule has 6 heteroatoms. The Morgan fingerprint density at radius 3 is 2.62 bits per heavy atom. The Morgan fingerprint density at radius 1 is 1.24 bits per heavy atom. The van der Waals surface area contributed by atoms with E-state index in [0.29, 0.717) is 18.7 Å². The second-order valence-corrected chi connectivity index (χ2v) is 5.31. The van der Waals surface area contributed by atoms with Crippen LogP contribution in [0.2, 0.25) is 0 Å². The molecular weight excluding hydrogens is 270 g/mol. The standard InChI is InChI=1S/C15H19N3O3/c1-11-10-12(18-8-9-21-15(18)20)2-3-13(11)14(19)17-6-4-16-5-7-17/h2-3,10,16H,4-9H2,1H3. The van der Waals surface area contributed by atoms with E-state index in [2.05, 4.69) is 5.32 Å². The zero-order valence-corrected chi connectivity index (χ0v) is 12.1. The first-order valence-electron chi connectivity index (χ1n) is 7.22. The number of nitrogens with one attached hydrogen (secondary N) is 1. The number of carbonyl (C=O) groups excluding carboxylic acids is 2. The van der Waals surface area contributed by atoms with E-state index in [1.165, 1.54) is 0 Å². The summed E-state index contributed by atoms with van der Waals surface area (Å²) < 4.78 is 4.94. The van der Waals surface area contributed by atoms with Crippen molar-refractivity contribution in [1.82, 2.24) is 10.2 Å². The first-order valence-corrected chi connectivity index (χ1v) is 7.22. The highest BCUT2D eigenvalue weighted by atomic mass is 16.6. The lowest BCUT2D eigenvalue weighted by Crippen LogP contribution is -2.46. The van der Waals surface area contributed by atoms with E-state index in [1.807, 2.05) is 24.0 Å². The largest absolute Gasteiger partial charge is 0.447 e. The fourth-order valence-electron chi connectivity index (χ4n) is 2.72. The van der Waals surface area contributed by atoms with Crippen molar-refractivity contribution in [3.8, 4) is 0 Å². The van der Waals surface area contributed by atoms with Crippen molar-refractivity contribution in [3.63, 3.8) is 0 Å². The molecule has 112 valence electrons. The average Bonchev–Trinajstić information content (AvgIpc) is 2.93. The third-order valence-electron chi connectivity index (χ3n) is 3.92. The Hall–Kier alpha value is -2.08. The number of benzene rings is 1. The van der Waals surface area contributed by atoms with Crippen LogP contribution in [0.25, 0.3) is 0 Å². The van der Waals surface area contributed by atoms with E-state index >= 15 is 0 Å². The van der Waals surface area contributed by atoms with E-state index < -0.39 is 0 Å². The van der Waals surface area contributed by atoms with Gasteiger partial charge >= 0.3 is 6.09 Å². The van der Waals surface area contributed by atoms with Crippen molar-refractivity contribution in [2.75, 3.05) is 44.2 Å². The number of anilines is 1. The lowest BCUT2D eigenvalue weighted by molar-refractivity contribution is 0.0735. The number of rotatable bonds is 2. The summed E-state index contributed by atoms with van der Waals surface area (Å²) in [5.41, 5.74) is 2.37. The quantitative estimate of drug-likeness (QED) is 0.882. The van der Waals surface area contributed by atoms with Crippen molar-refractivity contribution in [2.24, 2.45) is 0 Å². The molecule has 0 spiro atoms. The number of hydrogen-bond donors (Lipinski definition) is 1. The topological polar surface area (TPSA) is 61.9 Å². The second-order valence-electron chi connectivity index (χ2n) is 5.31. The summed E-state index contributed by atoms with van der Waals surface area (Å²) in [7, 11) is 0. The summed E-state index contributed by atoms with van der Waals surface area (Å²) in [6, 6.07) is 5.50. The molecule has 0 aromatic heterocycles. The molecule has 2 aliphatic heterocycles. The maximum atomic E-state index is 12.5. The van der Waals surface area contributed by atoms with Crippen LogP contribution in [0.1, 0.15) is 15.9 Å². The number of ether oxygens (including phenoxy) is 1. The van der Waals surface area contributed by atoms with Gasteiger partial charge in [0.05, 0.1) is 6.54 Å². The Labute approximate surface area is 123 Å². The normalized spacial score (nSPS) is 18.8. The van der Waals surface area contributed by atoms with Gasteiger partial charge < -0.3 is 15.0 Å². The number of piperazine rings is 1. The molecule has 1 aromatic carbocycles. The van der Waals surface area contributed by atoms with Crippen molar-refractivity contribution in [2.45, 2.75) is 6.92 Å². The van der Waals surface area contributed by atoms with Gasteiger partial charge in [0, 0.05) is 37.4 Å². The smallest absolute Gasteiger partial charge is 0.414 e. The van der Waals surface area contributed by atoms with E-state index in [-0.39, 0.29) is 12.0 Å². The van der Waals surface area contributed by atoms with Crippen LogP contribution in [0.4, 0.5) is 10.5 Å². The Balaban J connectivity index is 1.80.